The molecule has 0 aromatic rings. The third-order valence-corrected chi connectivity index (χ3v) is 6.87. The fourth-order valence-corrected chi connectivity index (χ4v) is 4.60. The molecule has 7 amide bonds. The molecule has 1 heterocycles. The average Bonchev–Trinajstić information content (AvgIpc) is 2.90. The van der Waals surface area contributed by atoms with Crippen LogP contribution in [0.3, 0.4) is 0 Å². The number of aliphatic imine (C=N–C) groups is 1. The monoisotopic (exact) mass is 615 g/mol. The summed E-state index contributed by atoms with van der Waals surface area (Å²) in [5, 5.41) is 12.2. The molecule has 18 nitrogen and oxygen atoms in total. The van der Waals surface area contributed by atoms with Crippen LogP contribution in [0.1, 0.15) is 38.5 Å². The smallest absolute Gasteiger partial charge is 0.243 e. The second kappa shape index (κ2) is 19.1. The Morgan fingerprint density at radius 1 is 0.786 bits per heavy atom. The molecule has 1 rings (SSSR count). The SMILES string of the molecule is NCCCC[C@@H]1NC(=O)CSC[C@@H](C(N)=O)NC(=O)[C@H](CCCN=C(N)N)NC(=O)CNC(=O)[C@H](CC(N)=O)NC1=O. The van der Waals surface area contributed by atoms with Crippen LogP contribution in [-0.4, -0.2) is 103 Å². The number of hydrogen-bond donors (Lipinski definition) is 10. The zero-order valence-corrected chi connectivity index (χ0v) is 24.0. The molecule has 1 aliphatic rings. The topological polar surface area (TPSA) is 322 Å². The van der Waals surface area contributed by atoms with Gasteiger partial charge in [0.15, 0.2) is 5.96 Å². The fourth-order valence-electron chi connectivity index (χ4n) is 3.73. The maximum absolute atomic E-state index is 13.0. The van der Waals surface area contributed by atoms with Gasteiger partial charge in [-0.3, -0.25) is 38.6 Å². The van der Waals surface area contributed by atoms with E-state index in [4.69, 9.17) is 28.7 Å². The van der Waals surface area contributed by atoms with Crippen LogP contribution in [0, 0.1) is 0 Å². The molecule has 0 aromatic heterocycles. The van der Waals surface area contributed by atoms with Gasteiger partial charge in [0.2, 0.25) is 41.4 Å². The second-order valence-corrected chi connectivity index (χ2v) is 10.4. The first-order valence-electron chi connectivity index (χ1n) is 13.2. The molecule has 1 aliphatic heterocycles. The summed E-state index contributed by atoms with van der Waals surface area (Å²) in [5.41, 5.74) is 26.8. The number of carbonyl (C=O) groups is 7. The number of nitrogens with two attached hydrogens (primary N) is 5. The molecule has 4 atom stereocenters. The normalized spacial score (nSPS) is 23.1. The highest BCUT2D eigenvalue weighted by atomic mass is 32.2. The van der Waals surface area contributed by atoms with E-state index in [9.17, 15) is 33.6 Å². The van der Waals surface area contributed by atoms with Crippen molar-refractivity contribution >= 4 is 59.1 Å². The lowest BCUT2D eigenvalue weighted by atomic mass is 10.1. The largest absolute Gasteiger partial charge is 0.370 e. The molecule has 0 aliphatic carbocycles. The number of amides is 7. The van der Waals surface area contributed by atoms with Gasteiger partial charge in [0.1, 0.15) is 24.2 Å². The average molecular weight is 616 g/mol. The van der Waals surface area contributed by atoms with Gasteiger partial charge in [-0.05, 0) is 38.6 Å². The Bertz CT molecular complexity index is 1020. The van der Waals surface area contributed by atoms with Gasteiger partial charge in [0.25, 0.3) is 0 Å². The molecule has 236 valence electrons. The Morgan fingerprint density at radius 2 is 1.40 bits per heavy atom. The van der Waals surface area contributed by atoms with E-state index in [0.29, 0.717) is 19.4 Å². The van der Waals surface area contributed by atoms with Crippen molar-refractivity contribution in [2.75, 3.05) is 31.1 Å². The van der Waals surface area contributed by atoms with Crippen LogP contribution in [0.15, 0.2) is 4.99 Å². The molecule has 0 aromatic carbocycles. The Labute approximate surface area is 246 Å². The minimum atomic E-state index is -1.44. The van der Waals surface area contributed by atoms with Gasteiger partial charge in [0, 0.05) is 12.3 Å². The molecule has 0 saturated carbocycles. The first-order chi connectivity index (χ1) is 19.8. The Kier molecular flexibility index (Phi) is 16.3. The number of primary amides is 2. The van der Waals surface area contributed by atoms with Gasteiger partial charge in [-0.15, -0.1) is 11.8 Å². The number of hydrogen-bond acceptors (Lipinski definition) is 10. The number of nitrogens with one attached hydrogen (secondary N) is 5. The highest BCUT2D eigenvalue weighted by Gasteiger charge is 2.30. The molecule has 1 saturated heterocycles. The molecule has 1 fully saturated rings. The number of guanidine groups is 1. The van der Waals surface area contributed by atoms with Crippen molar-refractivity contribution in [1.82, 2.24) is 26.6 Å². The van der Waals surface area contributed by atoms with Crippen molar-refractivity contribution in [1.29, 1.82) is 0 Å². The molecular formula is C23H41N11O7S. The number of thioether (sulfide) groups is 1. The predicted molar refractivity (Wildman–Crippen MR) is 154 cm³/mol. The highest BCUT2D eigenvalue weighted by molar-refractivity contribution is 8.00. The zero-order chi connectivity index (χ0) is 31.7. The summed E-state index contributed by atoms with van der Waals surface area (Å²) >= 11 is 0.973. The van der Waals surface area contributed by atoms with E-state index >= 15 is 0 Å². The van der Waals surface area contributed by atoms with E-state index < -0.39 is 78.5 Å². The summed E-state index contributed by atoms with van der Waals surface area (Å²) in [4.78, 5) is 91.6. The van der Waals surface area contributed by atoms with Crippen molar-refractivity contribution in [3.8, 4) is 0 Å². The predicted octanol–water partition coefficient (Wildman–Crippen LogP) is -5.67. The minimum absolute atomic E-state index is 0.0508. The van der Waals surface area contributed by atoms with Crippen LogP contribution in [0.5, 0.6) is 0 Å². The van der Waals surface area contributed by atoms with Gasteiger partial charge in [-0.2, -0.15) is 0 Å². The maximum Gasteiger partial charge on any atom is 0.243 e. The van der Waals surface area contributed by atoms with E-state index in [0.717, 1.165) is 11.8 Å². The molecule has 0 radical (unpaired) electrons. The van der Waals surface area contributed by atoms with Gasteiger partial charge >= 0.3 is 0 Å². The van der Waals surface area contributed by atoms with E-state index in [1.54, 1.807) is 0 Å². The first-order valence-corrected chi connectivity index (χ1v) is 14.4. The van der Waals surface area contributed by atoms with Crippen molar-refractivity contribution in [2.45, 2.75) is 62.7 Å². The standard InChI is InChI=1S/C23H41N11O7S/c24-6-2-1-4-12-21(40)33-14(8-16(25)35)20(39)30-9-17(36)31-13(5-3-7-29-23(27)28)22(41)34-15(19(26)38)10-42-11-18(37)32-12/h12-15H,1-11,24H2,(H2,25,35)(H2,26,38)(H,30,39)(H,31,36)(H,32,37)(H,33,40)(H,34,41)(H4,27,28,29)/t12-,13-,14-,15-/m0/s1. The third-order valence-electron chi connectivity index (χ3n) is 5.83. The molecule has 19 heteroatoms. The summed E-state index contributed by atoms with van der Waals surface area (Å²) in [6.07, 6.45) is 0.940. The third kappa shape index (κ3) is 14.5. The Morgan fingerprint density at radius 3 is 2.00 bits per heavy atom. The summed E-state index contributed by atoms with van der Waals surface area (Å²) < 4.78 is 0. The number of nitrogens with zero attached hydrogens (tertiary/aromatic N) is 1. The Hall–Kier alpha value is -4.13. The van der Waals surface area contributed by atoms with Crippen LogP contribution >= 0.6 is 11.8 Å². The highest BCUT2D eigenvalue weighted by Crippen LogP contribution is 2.08. The van der Waals surface area contributed by atoms with Crippen LogP contribution in [0.4, 0.5) is 0 Å². The van der Waals surface area contributed by atoms with E-state index in [-0.39, 0.29) is 43.3 Å². The molecule has 0 spiro atoms. The summed E-state index contributed by atoms with van der Waals surface area (Å²) in [6.45, 7) is -0.137. The first kappa shape index (κ1) is 35.9. The second-order valence-electron chi connectivity index (χ2n) is 9.40. The molecule has 0 unspecified atom stereocenters. The van der Waals surface area contributed by atoms with Crippen molar-refractivity contribution in [3.05, 3.63) is 0 Å². The molecule has 0 bridgehead atoms. The lowest BCUT2D eigenvalue weighted by molar-refractivity contribution is -0.134. The fraction of sp³-hybridized carbons (Fsp3) is 0.652. The van der Waals surface area contributed by atoms with E-state index in [2.05, 4.69) is 31.6 Å². The van der Waals surface area contributed by atoms with Crippen molar-refractivity contribution in [3.63, 3.8) is 0 Å². The zero-order valence-electron chi connectivity index (χ0n) is 23.2. The van der Waals surface area contributed by atoms with Gasteiger partial charge < -0.3 is 55.3 Å². The quantitative estimate of drug-likeness (QED) is 0.0593. The molecule has 15 N–H and O–H groups in total. The summed E-state index contributed by atoms with van der Waals surface area (Å²) in [6, 6.07) is -4.89. The molecular weight excluding hydrogens is 574 g/mol. The number of carbonyl (C=O) groups excluding carboxylic acids is 7. The lowest BCUT2D eigenvalue weighted by Gasteiger charge is -2.24. The van der Waals surface area contributed by atoms with Crippen LogP contribution in [-0.2, 0) is 33.6 Å². The van der Waals surface area contributed by atoms with Gasteiger partial charge in [-0.25, -0.2) is 0 Å². The maximum atomic E-state index is 13.0. The van der Waals surface area contributed by atoms with Crippen LogP contribution in [0.25, 0.3) is 0 Å². The van der Waals surface area contributed by atoms with Crippen LogP contribution < -0.4 is 55.3 Å². The Balaban J connectivity index is 3.23. The summed E-state index contributed by atoms with van der Waals surface area (Å²) in [5.74, 6) is -5.96. The van der Waals surface area contributed by atoms with E-state index in [1.807, 2.05) is 0 Å². The molecule has 42 heavy (non-hydrogen) atoms. The van der Waals surface area contributed by atoms with Gasteiger partial charge in [0.05, 0.1) is 18.7 Å². The van der Waals surface area contributed by atoms with Gasteiger partial charge in [-0.1, -0.05) is 0 Å². The minimum Gasteiger partial charge on any atom is -0.370 e. The number of unbranched alkanes of at least 4 members (excludes halogenated alkanes) is 1. The van der Waals surface area contributed by atoms with E-state index in [1.165, 1.54) is 0 Å². The lowest BCUT2D eigenvalue weighted by Crippen LogP contribution is -2.57. The number of rotatable bonds is 11. The van der Waals surface area contributed by atoms with Crippen LogP contribution in [0.2, 0.25) is 0 Å². The van der Waals surface area contributed by atoms with Crippen molar-refractivity contribution < 1.29 is 33.6 Å². The van der Waals surface area contributed by atoms with Crippen molar-refractivity contribution in [2.24, 2.45) is 33.7 Å². The summed E-state index contributed by atoms with van der Waals surface area (Å²) in [7, 11) is 0.